The molecule has 0 unspecified atom stereocenters. The van der Waals surface area contributed by atoms with Crippen LogP contribution >= 0.6 is 0 Å². The van der Waals surface area contributed by atoms with Gasteiger partial charge in [0.15, 0.2) is 0 Å². The third-order valence-electron chi connectivity index (χ3n) is 2.41. The standard InChI is InChI=1S/C14H15NO2/c1-10-4-3-5-12(8-10)17-13-6-7-14(11(2)16)15-9-13/h3-9,11,16H,1-2H3/t11-/m1/s1. The maximum atomic E-state index is 9.34. The van der Waals surface area contributed by atoms with E-state index in [2.05, 4.69) is 4.98 Å². The van der Waals surface area contributed by atoms with E-state index in [0.717, 1.165) is 11.3 Å². The van der Waals surface area contributed by atoms with Crippen LogP contribution in [0.3, 0.4) is 0 Å². The predicted octanol–water partition coefficient (Wildman–Crippen LogP) is 3.24. The van der Waals surface area contributed by atoms with E-state index in [9.17, 15) is 5.11 Å². The molecule has 0 amide bonds. The summed E-state index contributed by atoms with van der Waals surface area (Å²) >= 11 is 0. The summed E-state index contributed by atoms with van der Waals surface area (Å²) in [6, 6.07) is 11.4. The van der Waals surface area contributed by atoms with Crippen molar-refractivity contribution in [2.24, 2.45) is 0 Å². The zero-order chi connectivity index (χ0) is 12.3. The lowest BCUT2D eigenvalue weighted by atomic mass is 10.2. The van der Waals surface area contributed by atoms with Gasteiger partial charge in [-0.1, -0.05) is 12.1 Å². The highest BCUT2D eigenvalue weighted by molar-refractivity contribution is 5.32. The van der Waals surface area contributed by atoms with Gasteiger partial charge in [0.25, 0.3) is 0 Å². The molecule has 0 bridgehead atoms. The van der Waals surface area contributed by atoms with Crippen LogP contribution in [0.2, 0.25) is 0 Å². The van der Waals surface area contributed by atoms with Crippen molar-refractivity contribution in [3.05, 3.63) is 53.9 Å². The van der Waals surface area contributed by atoms with Crippen molar-refractivity contribution in [3.8, 4) is 11.5 Å². The number of aromatic nitrogens is 1. The van der Waals surface area contributed by atoms with Gasteiger partial charge in [-0.2, -0.15) is 0 Å². The van der Waals surface area contributed by atoms with Crippen LogP contribution in [0.5, 0.6) is 11.5 Å². The average molecular weight is 229 g/mol. The first-order valence-electron chi connectivity index (χ1n) is 5.54. The molecular weight excluding hydrogens is 214 g/mol. The first kappa shape index (κ1) is 11.6. The quantitative estimate of drug-likeness (QED) is 0.878. The molecule has 1 aromatic heterocycles. The van der Waals surface area contributed by atoms with Crippen molar-refractivity contribution in [3.63, 3.8) is 0 Å². The summed E-state index contributed by atoms with van der Waals surface area (Å²) in [5.74, 6) is 1.46. The number of hydrogen-bond acceptors (Lipinski definition) is 3. The second-order valence-corrected chi connectivity index (χ2v) is 4.01. The Hall–Kier alpha value is -1.87. The van der Waals surface area contributed by atoms with E-state index >= 15 is 0 Å². The fourth-order valence-electron chi connectivity index (χ4n) is 1.51. The molecule has 2 rings (SSSR count). The van der Waals surface area contributed by atoms with E-state index in [0.29, 0.717) is 11.4 Å². The molecule has 0 aliphatic heterocycles. The smallest absolute Gasteiger partial charge is 0.145 e. The molecule has 0 spiro atoms. The number of rotatable bonds is 3. The Kier molecular flexibility index (Phi) is 3.40. The van der Waals surface area contributed by atoms with Crippen molar-refractivity contribution in [2.75, 3.05) is 0 Å². The van der Waals surface area contributed by atoms with Crippen LogP contribution in [0.1, 0.15) is 24.3 Å². The van der Waals surface area contributed by atoms with E-state index in [4.69, 9.17) is 4.74 Å². The van der Waals surface area contributed by atoms with Gasteiger partial charge in [-0.05, 0) is 43.7 Å². The van der Waals surface area contributed by atoms with Crippen molar-refractivity contribution < 1.29 is 9.84 Å². The minimum Gasteiger partial charge on any atom is -0.456 e. The Labute approximate surface area is 101 Å². The van der Waals surface area contributed by atoms with Gasteiger partial charge in [-0.3, -0.25) is 4.98 Å². The monoisotopic (exact) mass is 229 g/mol. The summed E-state index contributed by atoms with van der Waals surface area (Å²) in [4.78, 5) is 4.12. The van der Waals surface area contributed by atoms with E-state index in [1.165, 1.54) is 0 Å². The molecule has 3 heteroatoms. The van der Waals surface area contributed by atoms with Crippen LogP contribution in [0.15, 0.2) is 42.6 Å². The van der Waals surface area contributed by atoms with Gasteiger partial charge < -0.3 is 9.84 Å². The summed E-state index contributed by atoms with van der Waals surface area (Å²) < 4.78 is 5.65. The van der Waals surface area contributed by atoms with Crippen LogP contribution in [0.4, 0.5) is 0 Å². The Balaban J connectivity index is 2.14. The Morgan fingerprint density at radius 3 is 2.59 bits per heavy atom. The van der Waals surface area contributed by atoms with Gasteiger partial charge in [0.1, 0.15) is 11.5 Å². The maximum Gasteiger partial charge on any atom is 0.145 e. The fourth-order valence-corrected chi connectivity index (χ4v) is 1.51. The van der Waals surface area contributed by atoms with Crippen molar-refractivity contribution >= 4 is 0 Å². The number of nitrogens with zero attached hydrogens (tertiary/aromatic N) is 1. The lowest BCUT2D eigenvalue weighted by molar-refractivity contribution is 0.194. The summed E-state index contributed by atoms with van der Waals surface area (Å²) in [6.45, 7) is 3.70. The van der Waals surface area contributed by atoms with E-state index in [1.807, 2.05) is 31.2 Å². The third kappa shape index (κ3) is 3.04. The molecule has 0 aliphatic rings. The van der Waals surface area contributed by atoms with Gasteiger partial charge >= 0.3 is 0 Å². The molecule has 1 heterocycles. The Morgan fingerprint density at radius 2 is 2.00 bits per heavy atom. The summed E-state index contributed by atoms with van der Waals surface area (Å²) in [5.41, 5.74) is 1.79. The molecule has 2 aromatic rings. The first-order chi connectivity index (χ1) is 8.15. The highest BCUT2D eigenvalue weighted by Gasteiger charge is 2.03. The molecule has 0 aliphatic carbocycles. The Bertz CT molecular complexity index is 492. The molecule has 0 saturated heterocycles. The normalized spacial score (nSPS) is 12.2. The van der Waals surface area contributed by atoms with Crippen molar-refractivity contribution in [2.45, 2.75) is 20.0 Å². The SMILES string of the molecule is Cc1cccc(Oc2ccc([C@@H](C)O)nc2)c1. The minimum absolute atomic E-state index is 0.553. The lowest BCUT2D eigenvalue weighted by Crippen LogP contribution is -1.95. The van der Waals surface area contributed by atoms with Crippen LogP contribution in [0, 0.1) is 6.92 Å². The Morgan fingerprint density at radius 1 is 1.18 bits per heavy atom. The van der Waals surface area contributed by atoms with Crippen LogP contribution in [-0.4, -0.2) is 10.1 Å². The number of hydrogen-bond donors (Lipinski definition) is 1. The van der Waals surface area contributed by atoms with Crippen LogP contribution in [0.25, 0.3) is 0 Å². The van der Waals surface area contributed by atoms with Crippen molar-refractivity contribution in [1.82, 2.24) is 4.98 Å². The summed E-state index contributed by atoms with van der Waals surface area (Å²) in [7, 11) is 0. The van der Waals surface area contributed by atoms with Crippen molar-refractivity contribution in [1.29, 1.82) is 0 Å². The van der Waals surface area contributed by atoms with Gasteiger partial charge in [-0.25, -0.2) is 0 Å². The van der Waals surface area contributed by atoms with Gasteiger partial charge in [0.2, 0.25) is 0 Å². The molecular formula is C14H15NO2. The van der Waals surface area contributed by atoms with Gasteiger partial charge in [0, 0.05) is 0 Å². The van der Waals surface area contributed by atoms with E-state index < -0.39 is 6.10 Å². The van der Waals surface area contributed by atoms with E-state index in [1.54, 1.807) is 25.3 Å². The third-order valence-corrected chi connectivity index (χ3v) is 2.41. The van der Waals surface area contributed by atoms with Gasteiger partial charge in [0.05, 0.1) is 18.0 Å². The maximum absolute atomic E-state index is 9.34. The number of aliphatic hydroxyl groups excluding tert-OH is 1. The number of aliphatic hydroxyl groups is 1. The van der Waals surface area contributed by atoms with E-state index in [-0.39, 0.29) is 0 Å². The number of pyridine rings is 1. The van der Waals surface area contributed by atoms with Crippen LogP contribution in [-0.2, 0) is 0 Å². The molecule has 0 saturated carbocycles. The molecule has 1 aromatic carbocycles. The minimum atomic E-state index is -0.553. The molecule has 1 N–H and O–H groups in total. The molecule has 1 atom stereocenters. The highest BCUT2D eigenvalue weighted by atomic mass is 16.5. The zero-order valence-corrected chi connectivity index (χ0v) is 9.92. The number of aryl methyl sites for hydroxylation is 1. The number of benzene rings is 1. The molecule has 88 valence electrons. The second kappa shape index (κ2) is 4.97. The number of ether oxygens (including phenoxy) is 1. The van der Waals surface area contributed by atoms with Gasteiger partial charge in [-0.15, -0.1) is 0 Å². The fraction of sp³-hybridized carbons (Fsp3) is 0.214. The topological polar surface area (TPSA) is 42.4 Å². The average Bonchev–Trinajstić information content (AvgIpc) is 2.29. The first-order valence-corrected chi connectivity index (χ1v) is 5.54. The summed E-state index contributed by atoms with van der Waals surface area (Å²) in [6.07, 6.45) is 1.06. The highest BCUT2D eigenvalue weighted by Crippen LogP contribution is 2.22. The largest absolute Gasteiger partial charge is 0.456 e. The second-order valence-electron chi connectivity index (χ2n) is 4.01. The summed E-state index contributed by atoms with van der Waals surface area (Å²) in [5, 5.41) is 9.34. The zero-order valence-electron chi connectivity index (χ0n) is 9.92. The molecule has 0 radical (unpaired) electrons. The van der Waals surface area contributed by atoms with Crippen LogP contribution < -0.4 is 4.74 Å². The molecule has 0 fully saturated rings. The molecule has 17 heavy (non-hydrogen) atoms. The predicted molar refractivity (Wildman–Crippen MR) is 66.1 cm³/mol. The molecule has 3 nitrogen and oxygen atoms in total. The lowest BCUT2D eigenvalue weighted by Gasteiger charge is -2.07.